The second-order valence-electron chi connectivity index (χ2n) is 3.33. The number of rotatable bonds is 4. The van der Waals surface area contributed by atoms with Crippen molar-refractivity contribution in [2.45, 2.75) is 13.8 Å². The summed E-state index contributed by atoms with van der Waals surface area (Å²) >= 11 is 5.70. The van der Waals surface area contributed by atoms with E-state index in [4.69, 9.17) is 11.6 Å². The summed E-state index contributed by atoms with van der Waals surface area (Å²) in [6, 6.07) is 3.99. The molecular weight excluding hydrogens is 184 g/mol. The molecule has 1 heterocycles. The number of aromatic nitrogens is 1. The predicted molar refractivity (Wildman–Crippen MR) is 57.3 cm³/mol. The van der Waals surface area contributed by atoms with Gasteiger partial charge < -0.3 is 5.32 Å². The molecule has 1 rings (SSSR count). The summed E-state index contributed by atoms with van der Waals surface area (Å²) in [6.45, 7) is 5.01. The Balaban J connectivity index is 2.45. The lowest BCUT2D eigenvalue weighted by Crippen LogP contribution is -2.12. The molecule has 0 amide bonds. The molecule has 72 valence electrons. The fourth-order valence-corrected chi connectivity index (χ4v) is 1.11. The van der Waals surface area contributed by atoms with Crippen molar-refractivity contribution in [2.75, 3.05) is 17.7 Å². The normalized spacial score (nSPS) is 12.5. The van der Waals surface area contributed by atoms with E-state index >= 15 is 0 Å². The van der Waals surface area contributed by atoms with E-state index in [0.717, 1.165) is 17.9 Å². The van der Waals surface area contributed by atoms with Crippen LogP contribution in [0, 0.1) is 12.8 Å². The molecule has 1 unspecified atom stereocenters. The van der Waals surface area contributed by atoms with Gasteiger partial charge in [-0.25, -0.2) is 0 Å². The van der Waals surface area contributed by atoms with Gasteiger partial charge in [-0.15, -0.1) is 11.6 Å². The van der Waals surface area contributed by atoms with Gasteiger partial charge in [0.25, 0.3) is 0 Å². The molecule has 0 radical (unpaired) electrons. The Labute approximate surface area is 84.3 Å². The first-order valence-electron chi connectivity index (χ1n) is 4.45. The van der Waals surface area contributed by atoms with E-state index in [1.807, 2.05) is 25.3 Å². The zero-order valence-electron chi connectivity index (χ0n) is 8.05. The van der Waals surface area contributed by atoms with Gasteiger partial charge in [0.05, 0.1) is 0 Å². The zero-order chi connectivity index (χ0) is 9.68. The molecule has 1 aromatic heterocycles. The molecule has 0 bridgehead atoms. The summed E-state index contributed by atoms with van der Waals surface area (Å²) in [4.78, 5) is 4.12. The highest BCUT2D eigenvalue weighted by Crippen LogP contribution is 2.08. The highest BCUT2D eigenvalue weighted by molar-refractivity contribution is 6.18. The summed E-state index contributed by atoms with van der Waals surface area (Å²) in [5.74, 6) is 1.19. The van der Waals surface area contributed by atoms with Crippen molar-refractivity contribution in [2.24, 2.45) is 5.92 Å². The number of nitrogens with zero attached hydrogens (tertiary/aromatic N) is 1. The molecule has 0 aliphatic heterocycles. The predicted octanol–water partition coefficient (Wildman–Crippen LogP) is 2.68. The minimum atomic E-state index is 0.495. The van der Waals surface area contributed by atoms with Crippen LogP contribution in [0.2, 0.25) is 0 Å². The molecular formula is C10H15ClN2. The maximum Gasteiger partial charge on any atom is 0.0393 e. The van der Waals surface area contributed by atoms with Gasteiger partial charge >= 0.3 is 0 Å². The maximum atomic E-state index is 5.70. The van der Waals surface area contributed by atoms with E-state index in [2.05, 4.69) is 17.2 Å². The Hall–Kier alpha value is -0.760. The van der Waals surface area contributed by atoms with Crippen molar-refractivity contribution in [3.05, 3.63) is 24.0 Å². The first-order valence-corrected chi connectivity index (χ1v) is 4.98. The van der Waals surface area contributed by atoms with Crippen LogP contribution in [0.4, 0.5) is 5.69 Å². The van der Waals surface area contributed by atoms with Gasteiger partial charge in [-0.1, -0.05) is 6.92 Å². The van der Waals surface area contributed by atoms with Gasteiger partial charge in [0, 0.05) is 30.0 Å². The molecule has 0 aliphatic rings. The summed E-state index contributed by atoms with van der Waals surface area (Å²) in [6.07, 6.45) is 1.81. The lowest BCUT2D eigenvalue weighted by Gasteiger charge is -2.10. The third kappa shape index (κ3) is 3.64. The Morgan fingerprint density at radius 2 is 2.38 bits per heavy atom. The average molecular weight is 199 g/mol. The quantitative estimate of drug-likeness (QED) is 0.753. The van der Waals surface area contributed by atoms with Gasteiger partial charge in [0.2, 0.25) is 0 Å². The molecule has 1 atom stereocenters. The van der Waals surface area contributed by atoms with Crippen LogP contribution < -0.4 is 5.32 Å². The van der Waals surface area contributed by atoms with E-state index < -0.39 is 0 Å². The number of nitrogens with one attached hydrogen (secondary N) is 1. The van der Waals surface area contributed by atoms with E-state index in [1.165, 1.54) is 0 Å². The smallest absolute Gasteiger partial charge is 0.0393 e. The van der Waals surface area contributed by atoms with Crippen LogP contribution in [0.5, 0.6) is 0 Å². The molecule has 0 saturated heterocycles. The monoisotopic (exact) mass is 198 g/mol. The molecule has 0 spiro atoms. The van der Waals surface area contributed by atoms with Gasteiger partial charge in [0.1, 0.15) is 0 Å². The molecule has 2 nitrogen and oxygen atoms in total. The van der Waals surface area contributed by atoms with Crippen molar-refractivity contribution in [1.29, 1.82) is 0 Å². The number of anilines is 1. The molecule has 0 fully saturated rings. The van der Waals surface area contributed by atoms with Gasteiger partial charge in [-0.3, -0.25) is 4.98 Å². The summed E-state index contributed by atoms with van der Waals surface area (Å²) in [5, 5.41) is 3.31. The fraction of sp³-hybridized carbons (Fsp3) is 0.500. The second-order valence-corrected chi connectivity index (χ2v) is 3.63. The highest BCUT2D eigenvalue weighted by atomic mass is 35.5. The van der Waals surface area contributed by atoms with Crippen molar-refractivity contribution < 1.29 is 0 Å². The first kappa shape index (κ1) is 10.3. The number of hydrogen-bond donors (Lipinski definition) is 1. The van der Waals surface area contributed by atoms with Crippen LogP contribution in [0.15, 0.2) is 18.3 Å². The van der Waals surface area contributed by atoms with Crippen LogP contribution in [0.3, 0.4) is 0 Å². The number of aryl methyl sites for hydroxylation is 1. The van der Waals surface area contributed by atoms with Crippen LogP contribution in [-0.2, 0) is 0 Å². The van der Waals surface area contributed by atoms with Crippen LogP contribution in [0.1, 0.15) is 12.6 Å². The third-order valence-corrected chi connectivity index (χ3v) is 2.34. The first-order chi connectivity index (χ1) is 6.22. The lowest BCUT2D eigenvalue weighted by molar-refractivity contribution is 0.696. The summed E-state index contributed by atoms with van der Waals surface area (Å²) in [7, 11) is 0. The number of halogens is 1. The fourth-order valence-electron chi connectivity index (χ4n) is 1.00. The molecule has 1 N–H and O–H groups in total. The minimum absolute atomic E-state index is 0.495. The second kappa shape index (κ2) is 5.07. The molecule has 0 saturated carbocycles. The van der Waals surface area contributed by atoms with Gasteiger partial charge in [-0.2, -0.15) is 0 Å². The van der Waals surface area contributed by atoms with E-state index in [0.29, 0.717) is 11.8 Å². The third-order valence-electron chi connectivity index (χ3n) is 1.81. The topological polar surface area (TPSA) is 24.9 Å². The Morgan fingerprint density at radius 1 is 1.62 bits per heavy atom. The van der Waals surface area contributed by atoms with E-state index in [9.17, 15) is 0 Å². The Morgan fingerprint density at radius 3 is 3.00 bits per heavy atom. The average Bonchev–Trinajstić information content (AvgIpc) is 2.14. The number of hydrogen-bond acceptors (Lipinski definition) is 2. The standard InChI is InChI=1S/C10H15ClN2/c1-8(6-11)7-13-10-3-4-12-9(2)5-10/h3-5,8H,6-7H2,1-2H3,(H,12,13). The van der Waals surface area contributed by atoms with Gasteiger partial charge in [-0.05, 0) is 25.0 Å². The largest absolute Gasteiger partial charge is 0.385 e. The van der Waals surface area contributed by atoms with Crippen LogP contribution >= 0.6 is 11.6 Å². The van der Waals surface area contributed by atoms with Crippen molar-refractivity contribution in [3.63, 3.8) is 0 Å². The molecule has 1 aromatic rings. The molecule has 0 aromatic carbocycles. The molecule has 0 aliphatic carbocycles. The Kier molecular flexibility index (Phi) is 4.03. The number of alkyl halides is 1. The van der Waals surface area contributed by atoms with Crippen LogP contribution in [0.25, 0.3) is 0 Å². The Bertz CT molecular complexity index is 263. The molecule has 13 heavy (non-hydrogen) atoms. The van der Waals surface area contributed by atoms with Crippen molar-refractivity contribution >= 4 is 17.3 Å². The van der Waals surface area contributed by atoms with E-state index in [-0.39, 0.29) is 0 Å². The lowest BCUT2D eigenvalue weighted by atomic mass is 10.2. The zero-order valence-corrected chi connectivity index (χ0v) is 8.80. The number of pyridine rings is 1. The van der Waals surface area contributed by atoms with E-state index in [1.54, 1.807) is 0 Å². The maximum absolute atomic E-state index is 5.70. The molecule has 3 heteroatoms. The summed E-state index contributed by atoms with van der Waals surface area (Å²) < 4.78 is 0. The van der Waals surface area contributed by atoms with Gasteiger partial charge in [0.15, 0.2) is 0 Å². The minimum Gasteiger partial charge on any atom is -0.385 e. The SMILES string of the molecule is Cc1cc(NCC(C)CCl)ccn1. The van der Waals surface area contributed by atoms with Crippen molar-refractivity contribution in [1.82, 2.24) is 4.98 Å². The van der Waals surface area contributed by atoms with Crippen molar-refractivity contribution in [3.8, 4) is 0 Å². The van der Waals surface area contributed by atoms with Crippen LogP contribution in [-0.4, -0.2) is 17.4 Å². The highest BCUT2D eigenvalue weighted by Gasteiger charge is 1.99. The summed E-state index contributed by atoms with van der Waals surface area (Å²) in [5.41, 5.74) is 2.15.